The molecule has 0 atom stereocenters. The van der Waals surface area contributed by atoms with Crippen LogP contribution in [0.5, 0.6) is 0 Å². The maximum atomic E-state index is 12.2. The van der Waals surface area contributed by atoms with Crippen molar-refractivity contribution in [3.63, 3.8) is 0 Å². The Bertz CT molecular complexity index is 420. The number of thioether (sulfide) groups is 1. The lowest BCUT2D eigenvalue weighted by Crippen LogP contribution is -2.38. The van der Waals surface area contributed by atoms with E-state index >= 15 is 0 Å². The summed E-state index contributed by atoms with van der Waals surface area (Å²) in [7, 11) is 0. The Morgan fingerprint density at radius 2 is 1.89 bits per heavy atom. The molecule has 1 aromatic rings. The summed E-state index contributed by atoms with van der Waals surface area (Å²) < 4.78 is 0. The molecule has 0 unspecified atom stereocenters. The lowest BCUT2D eigenvalue weighted by molar-refractivity contribution is -0.136. The van der Waals surface area contributed by atoms with E-state index < -0.39 is 5.97 Å². The molecule has 104 valence electrons. The van der Waals surface area contributed by atoms with E-state index in [0.717, 1.165) is 5.69 Å². The van der Waals surface area contributed by atoms with Crippen LogP contribution in [0.3, 0.4) is 0 Å². The minimum Gasteiger partial charge on any atom is -0.481 e. The van der Waals surface area contributed by atoms with Crippen LogP contribution in [0.1, 0.15) is 20.3 Å². The number of carbonyl (C=O) groups is 2. The van der Waals surface area contributed by atoms with Crippen molar-refractivity contribution in [2.45, 2.75) is 26.3 Å². The van der Waals surface area contributed by atoms with Crippen LogP contribution in [-0.4, -0.2) is 34.5 Å². The second kappa shape index (κ2) is 7.84. The van der Waals surface area contributed by atoms with Crippen molar-refractivity contribution in [3.05, 3.63) is 30.3 Å². The number of carboxylic acids is 1. The summed E-state index contributed by atoms with van der Waals surface area (Å²) in [6.45, 7) is 3.93. The van der Waals surface area contributed by atoms with Gasteiger partial charge in [0.2, 0.25) is 5.91 Å². The second-order valence-electron chi connectivity index (χ2n) is 4.39. The summed E-state index contributed by atoms with van der Waals surface area (Å²) in [5.41, 5.74) is 0.876. The van der Waals surface area contributed by atoms with Gasteiger partial charge in [-0.15, -0.1) is 0 Å². The Balaban J connectivity index is 2.57. The predicted octanol–water partition coefficient (Wildman–Crippen LogP) is 2.64. The fourth-order valence-corrected chi connectivity index (χ4v) is 2.48. The molecule has 0 aromatic heterocycles. The molecule has 5 heteroatoms. The van der Waals surface area contributed by atoms with Gasteiger partial charge >= 0.3 is 5.97 Å². The van der Waals surface area contributed by atoms with Gasteiger partial charge in [0.1, 0.15) is 0 Å². The molecule has 0 heterocycles. The number of anilines is 1. The maximum Gasteiger partial charge on any atom is 0.304 e. The normalized spacial score (nSPS) is 10.5. The van der Waals surface area contributed by atoms with Crippen LogP contribution in [0.15, 0.2) is 30.3 Å². The van der Waals surface area contributed by atoms with Crippen LogP contribution < -0.4 is 4.90 Å². The van der Waals surface area contributed by atoms with Crippen LogP contribution in [0, 0.1) is 0 Å². The number of para-hydroxylation sites is 1. The summed E-state index contributed by atoms with van der Waals surface area (Å²) in [5, 5.41) is 8.55. The van der Waals surface area contributed by atoms with Gasteiger partial charge in [-0.25, -0.2) is 0 Å². The molecule has 1 N–H and O–H groups in total. The Kier molecular flexibility index (Phi) is 6.42. The number of benzene rings is 1. The van der Waals surface area contributed by atoms with Crippen LogP contribution in [0.25, 0.3) is 0 Å². The fraction of sp³-hybridized carbons (Fsp3) is 0.429. The van der Waals surface area contributed by atoms with Crippen molar-refractivity contribution in [2.75, 3.05) is 16.4 Å². The largest absolute Gasteiger partial charge is 0.481 e. The molecule has 0 aliphatic carbocycles. The van der Waals surface area contributed by atoms with E-state index in [2.05, 4.69) is 0 Å². The molecule has 0 aliphatic heterocycles. The smallest absolute Gasteiger partial charge is 0.304 e. The topological polar surface area (TPSA) is 57.6 Å². The first-order valence-electron chi connectivity index (χ1n) is 6.19. The third-order valence-electron chi connectivity index (χ3n) is 2.51. The number of hydrogen-bond donors (Lipinski definition) is 1. The number of aliphatic carboxylic acids is 1. The molecule has 0 fully saturated rings. The molecule has 19 heavy (non-hydrogen) atoms. The van der Waals surface area contributed by atoms with Crippen LogP contribution in [0.4, 0.5) is 5.69 Å². The van der Waals surface area contributed by atoms with E-state index in [9.17, 15) is 9.59 Å². The van der Waals surface area contributed by atoms with Crippen molar-refractivity contribution < 1.29 is 14.7 Å². The van der Waals surface area contributed by atoms with Crippen LogP contribution in [-0.2, 0) is 9.59 Å². The van der Waals surface area contributed by atoms with E-state index in [1.807, 2.05) is 44.2 Å². The van der Waals surface area contributed by atoms with Crippen molar-refractivity contribution in [1.82, 2.24) is 0 Å². The van der Waals surface area contributed by atoms with Gasteiger partial charge in [0, 0.05) is 17.5 Å². The maximum absolute atomic E-state index is 12.2. The third kappa shape index (κ3) is 5.34. The summed E-state index contributed by atoms with van der Waals surface area (Å²) in [6, 6.07) is 9.59. The minimum atomic E-state index is -0.830. The SMILES string of the molecule is CC(C)N(C(=O)CSCCC(=O)O)c1ccccc1. The van der Waals surface area contributed by atoms with Crippen molar-refractivity contribution in [3.8, 4) is 0 Å². The Labute approximate surface area is 117 Å². The lowest BCUT2D eigenvalue weighted by Gasteiger charge is -2.26. The molecule has 0 aliphatic rings. The first kappa shape index (κ1) is 15.6. The van der Waals surface area contributed by atoms with Crippen molar-refractivity contribution >= 4 is 29.3 Å². The fourth-order valence-electron chi connectivity index (χ4n) is 1.71. The van der Waals surface area contributed by atoms with E-state index in [4.69, 9.17) is 5.11 Å². The predicted molar refractivity (Wildman–Crippen MR) is 78.6 cm³/mol. The van der Waals surface area contributed by atoms with Crippen molar-refractivity contribution in [2.24, 2.45) is 0 Å². The molecule has 0 bridgehead atoms. The zero-order valence-corrected chi connectivity index (χ0v) is 12.0. The van der Waals surface area contributed by atoms with Gasteiger partial charge in [0.25, 0.3) is 0 Å². The number of nitrogens with zero attached hydrogens (tertiary/aromatic N) is 1. The monoisotopic (exact) mass is 281 g/mol. The molecule has 0 radical (unpaired) electrons. The summed E-state index contributed by atoms with van der Waals surface area (Å²) in [6.07, 6.45) is 0.0883. The van der Waals surface area contributed by atoms with E-state index in [0.29, 0.717) is 11.5 Å². The lowest BCUT2D eigenvalue weighted by atomic mass is 10.2. The van der Waals surface area contributed by atoms with Gasteiger partial charge in [0.05, 0.1) is 12.2 Å². The summed E-state index contributed by atoms with van der Waals surface area (Å²) in [4.78, 5) is 24.3. The summed E-state index contributed by atoms with van der Waals surface area (Å²) in [5.74, 6) is -0.0531. The van der Waals surface area contributed by atoms with Crippen LogP contribution in [0.2, 0.25) is 0 Å². The number of hydrogen-bond acceptors (Lipinski definition) is 3. The molecular weight excluding hydrogens is 262 g/mol. The second-order valence-corrected chi connectivity index (χ2v) is 5.49. The molecule has 4 nitrogen and oxygen atoms in total. The molecule has 0 saturated heterocycles. The molecule has 1 rings (SSSR count). The number of carbonyl (C=O) groups excluding carboxylic acids is 1. The average Bonchev–Trinajstić information content (AvgIpc) is 2.35. The number of rotatable bonds is 7. The van der Waals surface area contributed by atoms with Gasteiger partial charge in [-0.3, -0.25) is 9.59 Å². The molecule has 1 amide bonds. The minimum absolute atomic E-state index is 0.0107. The van der Waals surface area contributed by atoms with E-state index in [1.165, 1.54) is 11.8 Å². The summed E-state index contributed by atoms with van der Waals surface area (Å²) >= 11 is 1.36. The standard InChI is InChI=1S/C14H19NO3S/c1-11(2)15(12-6-4-3-5-7-12)13(16)10-19-9-8-14(17)18/h3-7,11H,8-10H2,1-2H3,(H,17,18). The van der Waals surface area contributed by atoms with Gasteiger partial charge in [-0.2, -0.15) is 11.8 Å². The van der Waals surface area contributed by atoms with Gasteiger partial charge in [-0.1, -0.05) is 18.2 Å². The zero-order valence-electron chi connectivity index (χ0n) is 11.2. The molecular formula is C14H19NO3S. The van der Waals surface area contributed by atoms with Crippen molar-refractivity contribution in [1.29, 1.82) is 0 Å². The number of carboxylic acid groups (broad SMARTS) is 1. The Hall–Kier alpha value is -1.49. The van der Waals surface area contributed by atoms with Crippen LogP contribution >= 0.6 is 11.8 Å². The zero-order chi connectivity index (χ0) is 14.3. The first-order chi connectivity index (χ1) is 9.02. The first-order valence-corrected chi connectivity index (χ1v) is 7.34. The molecule has 1 aromatic carbocycles. The highest BCUT2D eigenvalue weighted by molar-refractivity contribution is 7.99. The Morgan fingerprint density at radius 3 is 2.42 bits per heavy atom. The average molecular weight is 281 g/mol. The molecule has 0 spiro atoms. The van der Waals surface area contributed by atoms with Gasteiger partial charge < -0.3 is 10.0 Å². The highest BCUT2D eigenvalue weighted by atomic mass is 32.2. The van der Waals surface area contributed by atoms with Gasteiger partial charge in [-0.05, 0) is 26.0 Å². The number of amides is 1. The van der Waals surface area contributed by atoms with E-state index in [1.54, 1.807) is 4.90 Å². The van der Waals surface area contributed by atoms with Gasteiger partial charge in [0.15, 0.2) is 0 Å². The quantitative estimate of drug-likeness (QED) is 0.781. The van der Waals surface area contributed by atoms with E-state index in [-0.39, 0.29) is 18.4 Å². The highest BCUT2D eigenvalue weighted by Crippen LogP contribution is 2.18. The third-order valence-corrected chi connectivity index (χ3v) is 3.45. The molecule has 0 saturated carbocycles. The highest BCUT2D eigenvalue weighted by Gasteiger charge is 2.18. The Morgan fingerprint density at radius 1 is 1.26 bits per heavy atom.